The van der Waals surface area contributed by atoms with Gasteiger partial charge in [0.15, 0.2) is 11.2 Å². The topological polar surface area (TPSA) is 155 Å². The number of pyridine rings is 6. The molecule has 18 aromatic carbocycles. The van der Waals surface area contributed by atoms with Gasteiger partial charge in [0.2, 0.25) is 11.8 Å². The van der Waals surface area contributed by atoms with Crippen LogP contribution in [-0.4, -0.2) is 49.8 Å². The fraction of sp³-hybridized carbons (Fsp3) is 0. The van der Waals surface area contributed by atoms with Crippen LogP contribution in [0.25, 0.3) is 263 Å². The zero-order valence-corrected chi connectivity index (χ0v) is 79.1. The first-order chi connectivity index (χ1) is 71.3. The van der Waals surface area contributed by atoms with Crippen LogP contribution in [0, 0.1) is 0 Å². The van der Waals surface area contributed by atoms with E-state index in [1.165, 1.54) is 86.4 Å². The zero-order chi connectivity index (χ0) is 95.6. The average Bonchev–Trinajstić information content (AvgIpc) is 1.01. The molecule has 0 saturated heterocycles. The van der Waals surface area contributed by atoms with Crippen LogP contribution >= 0.6 is 22.7 Å². The summed E-state index contributed by atoms with van der Waals surface area (Å²) in [5.41, 5.74) is 31.8. The van der Waals surface area contributed by atoms with E-state index in [1.807, 2.05) is 165 Å². The van der Waals surface area contributed by atoms with E-state index in [4.69, 9.17) is 28.8 Å². The maximum absolute atomic E-state index is 6.14. The van der Waals surface area contributed by atoms with E-state index < -0.39 is 0 Å². The molecule has 14 heteroatoms. The van der Waals surface area contributed by atoms with Crippen molar-refractivity contribution in [2.45, 2.75) is 0 Å². The Labute approximate surface area is 836 Å². The van der Waals surface area contributed by atoms with E-state index in [9.17, 15) is 0 Å². The van der Waals surface area contributed by atoms with Crippen LogP contribution in [0.4, 0.5) is 0 Å². The molecule has 0 unspecified atom stereocenters. The van der Waals surface area contributed by atoms with Gasteiger partial charge in [-0.1, -0.05) is 249 Å². The minimum atomic E-state index is 0.629. The van der Waals surface area contributed by atoms with Crippen LogP contribution < -0.4 is 0 Å². The van der Waals surface area contributed by atoms with E-state index in [0.717, 1.165) is 165 Å². The zero-order valence-electron chi connectivity index (χ0n) is 77.4. The third-order valence-corrected chi connectivity index (χ3v) is 28.5. The highest BCUT2D eigenvalue weighted by atomic mass is 32.1. The maximum atomic E-state index is 6.14. The Kier molecular flexibility index (Phi) is 23.2. The lowest BCUT2D eigenvalue weighted by atomic mass is 9.88. The first-order valence-corrected chi connectivity index (χ1v) is 49.3. The van der Waals surface area contributed by atoms with Crippen molar-refractivity contribution in [3.05, 3.63) is 499 Å². The van der Waals surface area contributed by atoms with Gasteiger partial charge >= 0.3 is 0 Å². The predicted molar refractivity (Wildman–Crippen MR) is 595 cm³/mol. The number of hydrogen-bond donors (Lipinski definition) is 0. The van der Waals surface area contributed by atoms with Gasteiger partial charge in [-0.05, 0) is 336 Å². The molecular weight excluding hydrogens is 1800 g/mol. The standard InChI is InChI=1S/C38H24N2O.C33H21N3O.C32H20N2S.C27H17N3S/c1-3-11-33-27(8-1)20-28-9-2-4-12-34(28)37(33)32-22-30(21-31(23-32)29-10-7-19-39-24-29)25-15-17-26(18-16-25)38-40-35-13-5-6-14-36(35)41-38;1-2-8-29-28(7-1)27(11-12-30(29)33-36-31-9-3-4-10-32(31)37-33)26-19-24(22-13-16-34-17-14-22)18-25(20-26)23-6-5-15-35-21-23;1-3-11-27-21(8-1)16-22-9-2-4-12-28(22)31(27)25-17-24(23-10-7-15-33-20-23)18-26(19-25)32-34-29-13-5-6-14-30(29)35-32;1-2-10-21-18(7-1)8-5-11-22(21)20-15-24(19-9-6-14-28-17-19)29-25(16-20)27-30-23-12-3-4-13-26(23)31-27/h1-24H;1-21H;1-20H;1-17H. The number of thiazole rings is 2. The molecule has 0 aliphatic carbocycles. The Morgan fingerprint density at radius 1 is 0.174 bits per heavy atom. The van der Waals surface area contributed by atoms with Crippen LogP contribution in [-0.2, 0) is 0 Å². The van der Waals surface area contributed by atoms with Gasteiger partial charge in [-0.3, -0.25) is 24.9 Å². The highest BCUT2D eigenvalue weighted by Crippen LogP contribution is 2.47. The second kappa shape index (κ2) is 38.5. The number of para-hydroxylation sites is 6. The van der Waals surface area contributed by atoms with Crippen LogP contribution in [0.3, 0.4) is 0 Å². The van der Waals surface area contributed by atoms with Crippen LogP contribution in [0.1, 0.15) is 0 Å². The van der Waals surface area contributed by atoms with Gasteiger partial charge in [0, 0.05) is 101 Å². The molecule has 0 aliphatic heterocycles. The summed E-state index contributed by atoms with van der Waals surface area (Å²) in [6.07, 6.45) is 18.5. The van der Waals surface area contributed by atoms with Crippen molar-refractivity contribution in [3.8, 4) is 156 Å². The van der Waals surface area contributed by atoms with Crippen molar-refractivity contribution in [1.82, 2.24) is 49.8 Å². The van der Waals surface area contributed by atoms with Gasteiger partial charge < -0.3 is 8.83 Å². The molecule has 28 rings (SSSR count). The maximum Gasteiger partial charge on any atom is 0.227 e. The van der Waals surface area contributed by atoms with E-state index in [2.05, 4.69) is 351 Å². The lowest BCUT2D eigenvalue weighted by Gasteiger charge is -2.15. The van der Waals surface area contributed by atoms with E-state index in [-0.39, 0.29) is 0 Å². The predicted octanol–water partition coefficient (Wildman–Crippen LogP) is 34.9. The van der Waals surface area contributed by atoms with Crippen LogP contribution in [0.5, 0.6) is 0 Å². The van der Waals surface area contributed by atoms with Gasteiger partial charge in [0.25, 0.3) is 0 Å². The monoisotopic (exact) mass is 1880 g/mol. The molecule has 0 bridgehead atoms. The van der Waals surface area contributed by atoms with Gasteiger partial charge in [-0.15, -0.1) is 22.7 Å². The number of hydrogen-bond acceptors (Lipinski definition) is 14. The number of benzene rings is 18. The van der Waals surface area contributed by atoms with E-state index >= 15 is 0 Å². The Morgan fingerprint density at radius 2 is 0.535 bits per heavy atom. The Bertz CT molecular complexity index is 9370. The van der Waals surface area contributed by atoms with Crippen molar-refractivity contribution < 1.29 is 8.83 Å². The van der Waals surface area contributed by atoms with E-state index in [1.54, 1.807) is 35.1 Å². The third kappa shape index (κ3) is 17.5. The van der Waals surface area contributed by atoms with Gasteiger partial charge in [-0.25, -0.2) is 24.9 Å². The molecule has 144 heavy (non-hydrogen) atoms. The molecule has 0 aliphatic rings. The molecule has 0 atom stereocenters. The summed E-state index contributed by atoms with van der Waals surface area (Å²) in [5.74, 6) is 1.26. The number of fused-ring (bicyclic) bond motifs is 10. The first kappa shape index (κ1) is 86.7. The smallest absolute Gasteiger partial charge is 0.227 e. The summed E-state index contributed by atoms with van der Waals surface area (Å²) < 4.78 is 14.5. The third-order valence-electron chi connectivity index (χ3n) is 26.4. The largest absolute Gasteiger partial charge is 0.436 e. The lowest BCUT2D eigenvalue weighted by molar-refractivity contribution is 0.619. The molecule has 0 radical (unpaired) electrons. The fourth-order valence-corrected chi connectivity index (χ4v) is 21.4. The quantitative estimate of drug-likeness (QED) is 0.0952. The van der Waals surface area contributed by atoms with Crippen molar-refractivity contribution in [2.24, 2.45) is 0 Å². The van der Waals surface area contributed by atoms with E-state index in [0.29, 0.717) is 11.8 Å². The number of nitrogens with zero attached hydrogens (tertiary/aromatic N) is 10. The molecule has 10 heterocycles. The highest BCUT2D eigenvalue weighted by Gasteiger charge is 2.23. The average molecular weight is 1880 g/mol. The summed E-state index contributed by atoms with van der Waals surface area (Å²) in [6.45, 7) is 0. The van der Waals surface area contributed by atoms with Gasteiger partial charge in [0.1, 0.15) is 26.7 Å². The Hall–Kier alpha value is -18.9. The molecule has 0 N–H and O–H groups in total. The minimum Gasteiger partial charge on any atom is -0.436 e. The summed E-state index contributed by atoms with van der Waals surface area (Å²) in [6, 6.07) is 153. The Balaban J connectivity index is 0.000000101. The fourth-order valence-electron chi connectivity index (χ4n) is 19.5. The van der Waals surface area contributed by atoms with Crippen LogP contribution in [0.15, 0.2) is 508 Å². The highest BCUT2D eigenvalue weighted by molar-refractivity contribution is 7.22. The molecular formula is C130H82N10O2S2. The Morgan fingerprint density at radius 3 is 1.05 bits per heavy atom. The summed E-state index contributed by atoms with van der Waals surface area (Å²) in [5, 5.41) is 16.6. The summed E-state index contributed by atoms with van der Waals surface area (Å²) >= 11 is 3.41. The SMILES string of the molecule is c1cncc(-c2cc(-c3ccc(-c4nc5ccccc5o4)cc3)cc(-c3c4ccccc4cc4ccccc34)c2)c1.c1cncc(-c2cc(-c3cccc4ccccc34)cc(-c3nc4ccccc4s3)n2)c1.c1cncc(-c2cc(-c3ccncc3)cc(-c3ccc(-c4nc5ccccc5o4)c4ccccc34)c2)c1.c1cncc(-c2cc(-c3nc4ccccc4s3)cc(-c3c4ccccc4cc4ccccc34)c2)c1. The van der Waals surface area contributed by atoms with Crippen molar-refractivity contribution in [2.75, 3.05) is 0 Å². The summed E-state index contributed by atoms with van der Waals surface area (Å²) in [4.78, 5) is 45.9. The molecule has 0 amide bonds. The molecule has 10 aromatic heterocycles. The summed E-state index contributed by atoms with van der Waals surface area (Å²) in [7, 11) is 0. The van der Waals surface area contributed by atoms with Crippen molar-refractivity contribution >= 4 is 130 Å². The molecule has 12 nitrogen and oxygen atoms in total. The minimum absolute atomic E-state index is 0.629. The second-order valence-corrected chi connectivity index (χ2v) is 37.4. The second-order valence-electron chi connectivity index (χ2n) is 35.4. The van der Waals surface area contributed by atoms with Crippen LogP contribution in [0.2, 0.25) is 0 Å². The molecule has 0 saturated carbocycles. The van der Waals surface area contributed by atoms with Gasteiger partial charge in [-0.2, -0.15) is 0 Å². The first-order valence-electron chi connectivity index (χ1n) is 47.7. The normalized spacial score (nSPS) is 11.3. The molecule has 0 spiro atoms. The molecule has 676 valence electrons. The molecule has 28 aromatic rings. The van der Waals surface area contributed by atoms with Crippen molar-refractivity contribution in [1.29, 1.82) is 0 Å². The number of aromatic nitrogens is 10. The molecule has 0 fully saturated rings. The lowest BCUT2D eigenvalue weighted by Crippen LogP contribution is -1.92. The van der Waals surface area contributed by atoms with Crippen molar-refractivity contribution in [3.63, 3.8) is 0 Å². The number of oxazole rings is 2. The van der Waals surface area contributed by atoms with Gasteiger partial charge in [0.05, 0.1) is 26.1 Å². The number of rotatable bonds is 14.